The summed E-state index contributed by atoms with van der Waals surface area (Å²) < 4.78 is 0. The Balaban J connectivity index is 1.39. The normalized spacial score (nSPS) is 16.8. The van der Waals surface area contributed by atoms with Crippen molar-refractivity contribution < 1.29 is 10.2 Å². The molecule has 0 amide bonds. The summed E-state index contributed by atoms with van der Waals surface area (Å²) in [5, 5.41) is 19.7. The van der Waals surface area contributed by atoms with Gasteiger partial charge in [-0.15, -0.1) is 0 Å². The Labute approximate surface area is 192 Å². The first-order valence-electron chi connectivity index (χ1n) is 11.1. The maximum absolute atomic E-state index is 11.6. The lowest BCUT2D eigenvalue weighted by atomic mass is 9.94. The van der Waals surface area contributed by atoms with Gasteiger partial charge in [-0.1, -0.05) is 36.1 Å². The summed E-state index contributed by atoms with van der Waals surface area (Å²) in [5.74, 6) is 5.67. The van der Waals surface area contributed by atoms with Crippen LogP contribution in [0.5, 0.6) is 5.75 Å². The van der Waals surface area contributed by atoms with E-state index in [4.69, 9.17) is 5.73 Å². The van der Waals surface area contributed by atoms with Gasteiger partial charge >= 0.3 is 0 Å². The molecule has 0 radical (unpaired) electrons. The Morgan fingerprint density at radius 1 is 1.12 bits per heavy atom. The van der Waals surface area contributed by atoms with Crippen molar-refractivity contribution in [1.82, 2.24) is 14.9 Å². The van der Waals surface area contributed by atoms with E-state index in [2.05, 4.69) is 38.8 Å². The molecule has 0 spiro atoms. The highest BCUT2D eigenvalue weighted by Crippen LogP contribution is 2.22. The number of nitrogens with zero attached hydrogens (tertiary/aromatic N) is 2. The molecule has 1 aliphatic rings. The molecule has 5 N–H and O–H groups in total. The van der Waals surface area contributed by atoms with Crippen LogP contribution in [-0.4, -0.2) is 50.8 Å². The van der Waals surface area contributed by atoms with Crippen LogP contribution in [0.4, 0.5) is 0 Å². The number of hydrogen-bond donors (Lipinski definition) is 4. The number of aliphatic hydroxyl groups excluding tert-OH is 1. The first kappa shape index (κ1) is 22.7. The molecule has 3 aromatic rings. The SMILES string of the molecule is NC1CCN(Cc2ccc(C#Cc3ccc(C(CO)Cc4nc[nH]c(=O)c4O)cc3)cc2)C1. The summed E-state index contributed by atoms with van der Waals surface area (Å²) in [7, 11) is 0. The van der Waals surface area contributed by atoms with Crippen LogP contribution in [0.25, 0.3) is 0 Å². The van der Waals surface area contributed by atoms with E-state index in [0.29, 0.717) is 6.04 Å². The Morgan fingerprint density at radius 2 is 1.79 bits per heavy atom. The third-order valence-electron chi connectivity index (χ3n) is 5.97. The number of likely N-dealkylation sites (tertiary alicyclic amines) is 1. The maximum atomic E-state index is 11.6. The van der Waals surface area contributed by atoms with Crippen LogP contribution in [0.3, 0.4) is 0 Å². The highest BCUT2D eigenvalue weighted by Gasteiger charge is 2.19. The number of nitrogens with one attached hydrogen (secondary N) is 1. The van der Waals surface area contributed by atoms with Crippen LogP contribution in [0, 0.1) is 11.8 Å². The second-order valence-corrected chi connectivity index (χ2v) is 8.46. The number of hydrogen-bond acceptors (Lipinski definition) is 6. The van der Waals surface area contributed by atoms with Gasteiger partial charge in [-0.2, -0.15) is 0 Å². The van der Waals surface area contributed by atoms with Gasteiger partial charge in [0.15, 0.2) is 0 Å². The number of H-pyrrole nitrogens is 1. The van der Waals surface area contributed by atoms with E-state index in [9.17, 15) is 15.0 Å². The van der Waals surface area contributed by atoms with E-state index >= 15 is 0 Å². The fourth-order valence-electron chi connectivity index (χ4n) is 4.04. The zero-order chi connectivity index (χ0) is 23.2. The van der Waals surface area contributed by atoms with Crippen molar-refractivity contribution in [2.45, 2.75) is 31.3 Å². The highest BCUT2D eigenvalue weighted by molar-refractivity contribution is 5.44. The van der Waals surface area contributed by atoms with Crippen LogP contribution in [0.15, 0.2) is 59.7 Å². The summed E-state index contributed by atoms with van der Waals surface area (Å²) >= 11 is 0. The van der Waals surface area contributed by atoms with Gasteiger partial charge in [-0.3, -0.25) is 9.69 Å². The third kappa shape index (κ3) is 5.88. The number of benzene rings is 2. The molecule has 0 bridgehead atoms. The lowest BCUT2D eigenvalue weighted by molar-refractivity contribution is 0.263. The molecule has 0 saturated carbocycles. The van der Waals surface area contributed by atoms with Crippen molar-refractivity contribution in [2.24, 2.45) is 5.73 Å². The zero-order valence-electron chi connectivity index (χ0n) is 18.4. The van der Waals surface area contributed by atoms with Crippen molar-refractivity contribution in [1.29, 1.82) is 0 Å². The minimum absolute atomic E-state index is 0.130. The van der Waals surface area contributed by atoms with E-state index in [1.54, 1.807) is 0 Å². The second kappa shape index (κ2) is 10.5. The summed E-state index contributed by atoms with van der Waals surface area (Å²) in [5.41, 5.74) is 9.61. The van der Waals surface area contributed by atoms with Crippen molar-refractivity contribution in [3.63, 3.8) is 0 Å². The van der Waals surface area contributed by atoms with Gasteiger partial charge in [0.25, 0.3) is 5.56 Å². The van der Waals surface area contributed by atoms with E-state index < -0.39 is 11.3 Å². The maximum Gasteiger partial charge on any atom is 0.293 e. The zero-order valence-corrected chi connectivity index (χ0v) is 18.4. The topological polar surface area (TPSA) is 115 Å². The smallest absolute Gasteiger partial charge is 0.293 e. The molecule has 2 heterocycles. The van der Waals surface area contributed by atoms with Crippen LogP contribution >= 0.6 is 0 Å². The van der Waals surface area contributed by atoms with Crippen LogP contribution < -0.4 is 11.3 Å². The molecular weight excluding hydrogens is 416 g/mol. The van der Waals surface area contributed by atoms with E-state index in [1.165, 1.54) is 11.9 Å². The molecule has 170 valence electrons. The molecule has 4 rings (SSSR count). The average Bonchev–Trinajstić information content (AvgIpc) is 3.24. The summed E-state index contributed by atoms with van der Waals surface area (Å²) in [4.78, 5) is 20.3. The second-order valence-electron chi connectivity index (χ2n) is 8.46. The number of aliphatic hydroxyl groups is 1. The molecule has 33 heavy (non-hydrogen) atoms. The predicted molar refractivity (Wildman–Crippen MR) is 127 cm³/mol. The first-order valence-corrected chi connectivity index (χ1v) is 11.1. The van der Waals surface area contributed by atoms with Crippen molar-refractivity contribution in [3.8, 4) is 17.6 Å². The lowest BCUT2D eigenvalue weighted by Crippen LogP contribution is -2.26. The molecule has 1 fully saturated rings. The largest absolute Gasteiger partial charge is 0.502 e. The van der Waals surface area contributed by atoms with E-state index in [-0.39, 0.29) is 24.6 Å². The highest BCUT2D eigenvalue weighted by atomic mass is 16.3. The number of aromatic amines is 1. The summed E-state index contributed by atoms with van der Waals surface area (Å²) in [6, 6.07) is 16.2. The lowest BCUT2D eigenvalue weighted by Gasteiger charge is -2.15. The molecule has 2 aromatic carbocycles. The van der Waals surface area contributed by atoms with Crippen LogP contribution in [0.1, 0.15) is 40.3 Å². The van der Waals surface area contributed by atoms with Crippen molar-refractivity contribution in [3.05, 3.63) is 93.2 Å². The number of aromatic hydroxyl groups is 1. The molecule has 7 nitrogen and oxygen atoms in total. The Morgan fingerprint density at radius 3 is 2.39 bits per heavy atom. The summed E-state index contributed by atoms with van der Waals surface area (Å²) in [6.07, 6.45) is 2.57. The molecule has 1 saturated heterocycles. The van der Waals surface area contributed by atoms with Gasteiger partial charge in [-0.25, -0.2) is 4.98 Å². The fourth-order valence-corrected chi connectivity index (χ4v) is 4.04. The minimum atomic E-state index is -0.587. The van der Waals surface area contributed by atoms with Crippen LogP contribution in [0.2, 0.25) is 0 Å². The number of aromatic nitrogens is 2. The Bertz CT molecular complexity index is 1190. The van der Waals surface area contributed by atoms with Gasteiger partial charge in [0.2, 0.25) is 5.75 Å². The van der Waals surface area contributed by atoms with Crippen molar-refractivity contribution in [2.75, 3.05) is 19.7 Å². The van der Waals surface area contributed by atoms with Gasteiger partial charge in [0.05, 0.1) is 18.6 Å². The van der Waals surface area contributed by atoms with E-state index in [1.807, 2.05) is 36.4 Å². The quantitative estimate of drug-likeness (QED) is 0.431. The van der Waals surface area contributed by atoms with Gasteiger partial charge in [-0.05, 0) is 41.8 Å². The third-order valence-corrected chi connectivity index (χ3v) is 5.97. The van der Waals surface area contributed by atoms with Gasteiger partial charge in [0, 0.05) is 49.1 Å². The van der Waals surface area contributed by atoms with Crippen molar-refractivity contribution >= 4 is 0 Å². The number of nitrogens with two attached hydrogens (primary N) is 1. The minimum Gasteiger partial charge on any atom is -0.502 e. The fraction of sp³-hybridized carbons (Fsp3) is 0.308. The van der Waals surface area contributed by atoms with Gasteiger partial charge < -0.3 is 20.9 Å². The molecule has 7 heteroatoms. The number of rotatable bonds is 6. The Hall–Kier alpha value is -3.44. The van der Waals surface area contributed by atoms with Crippen LogP contribution in [-0.2, 0) is 13.0 Å². The average molecular weight is 445 g/mol. The molecule has 1 aromatic heterocycles. The Kier molecular flexibility index (Phi) is 7.20. The summed E-state index contributed by atoms with van der Waals surface area (Å²) in [6.45, 7) is 2.79. The molecule has 2 atom stereocenters. The van der Waals surface area contributed by atoms with E-state index in [0.717, 1.165) is 42.7 Å². The molecule has 0 aliphatic carbocycles. The monoisotopic (exact) mass is 444 g/mol. The standard InChI is InChI=1S/C26H28N4O3/c27-23-11-12-30(15-23)14-20-5-3-18(4-6-20)1-2-19-7-9-21(10-8-19)22(16-31)13-24-25(32)26(33)29-17-28-24/h3-10,17,22-23,31-32H,11-16,27H2,(H,28,29,33). The molecular formula is C26H28N4O3. The molecule has 1 aliphatic heterocycles. The first-order chi connectivity index (χ1) is 16.0. The molecule has 2 unspecified atom stereocenters. The predicted octanol–water partition coefficient (Wildman–Crippen LogP) is 1.73. The van der Waals surface area contributed by atoms with Gasteiger partial charge in [0.1, 0.15) is 0 Å².